The summed E-state index contributed by atoms with van der Waals surface area (Å²) in [5.41, 5.74) is 3.27. The first kappa shape index (κ1) is 13.3. The summed E-state index contributed by atoms with van der Waals surface area (Å²) in [7, 11) is 0. The number of hydrogen-bond donors (Lipinski definition) is 1. The molecule has 4 rings (SSSR count). The lowest BCUT2D eigenvalue weighted by molar-refractivity contribution is 0.0866. The second-order valence-corrected chi connectivity index (χ2v) is 6.45. The SMILES string of the molecule is O[C@@H](c1ccc(-c2ccc(Cl)cc2)cc1)[C@H]1C[C@@H]2O[C@@H]2C1. The van der Waals surface area contributed by atoms with Crippen LogP contribution in [0.5, 0.6) is 0 Å². The van der Waals surface area contributed by atoms with Crippen LogP contribution in [-0.4, -0.2) is 17.3 Å². The van der Waals surface area contributed by atoms with E-state index in [2.05, 4.69) is 12.1 Å². The maximum atomic E-state index is 10.5. The van der Waals surface area contributed by atoms with Crippen LogP contribution >= 0.6 is 11.6 Å². The first-order chi connectivity index (χ1) is 10.2. The van der Waals surface area contributed by atoms with E-state index in [-0.39, 0.29) is 6.10 Å². The molecule has 2 fully saturated rings. The quantitative estimate of drug-likeness (QED) is 0.861. The molecule has 0 spiro atoms. The zero-order valence-electron chi connectivity index (χ0n) is 11.6. The van der Waals surface area contributed by atoms with Crippen molar-refractivity contribution in [1.29, 1.82) is 0 Å². The monoisotopic (exact) mass is 300 g/mol. The average molecular weight is 301 g/mol. The van der Waals surface area contributed by atoms with Gasteiger partial charge in [-0.2, -0.15) is 0 Å². The smallest absolute Gasteiger partial charge is 0.0845 e. The summed E-state index contributed by atoms with van der Waals surface area (Å²) in [5.74, 6) is 0.343. The number of aliphatic hydroxyl groups excluding tert-OH is 1. The predicted octanol–water partition coefficient (Wildman–Crippen LogP) is 4.22. The molecule has 1 saturated carbocycles. The van der Waals surface area contributed by atoms with Crippen LogP contribution in [0.2, 0.25) is 5.02 Å². The van der Waals surface area contributed by atoms with Crippen LogP contribution in [0, 0.1) is 5.92 Å². The minimum Gasteiger partial charge on any atom is -0.388 e. The first-order valence-electron chi connectivity index (χ1n) is 7.40. The van der Waals surface area contributed by atoms with E-state index in [0.717, 1.165) is 34.6 Å². The highest BCUT2D eigenvalue weighted by atomic mass is 35.5. The molecule has 0 bridgehead atoms. The maximum Gasteiger partial charge on any atom is 0.0845 e. The lowest BCUT2D eigenvalue weighted by atomic mass is 9.92. The van der Waals surface area contributed by atoms with Gasteiger partial charge >= 0.3 is 0 Å². The van der Waals surface area contributed by atoms with Crippen molar-refractivity contribution in [3.05, 3.63) is 59.1 Å². The van der Waals surface area contributed by atoms with Crippen molar-refractivity contribution >= 4 is 11.6 Å². The Kier molecular flexibility index (Phi) is 3.26. The Hall–Kier alpha value is -1.35. The third-order valence-electron chi connectivity index (χ3n) is 4.63. The van der Waals surface area contributed by atoms with Gasteiger partial charge in [-0.1, -0.05) is 48.0 Å². The van der Waals surface area contributed by atoms with Gasteiger partial charge in [-0.3, -0.25) is 0 Å². The van der Waals surface area contributed by atoms with E-state index in [4.69, 9.17) is 16.3 Å². The average Bonchev–Trinajstić information content (AvgIpc) is 3.13. The lowest BCUT2D eigenvalue weighted by Gasteiger charge is -2.19. The molecule has 1 N–H and O–H groups in total. The lowest BCUT2D eigenvalue weighted by Crippen LogP contribution is -2.11. The highest BCUT2D eigenvalue weighted by Gasteiger charge is 2.49. The van der Waals surface area contributed by atoms with Crippen molar-refractivity contribution in [2.24, 2.45) is 5.92 Å². The summed E-state index contributed by atoms with van der Waals surface area (Å²) in [5, 5.41) is 11.2. The Labute approximate surface area is 129 Å². The van der Waals surface area contributed by atoms with E-state index < -0.39 is 0 Å². The zero-order chi connectivity index (χ0) is 14.4. The number of epoxide rings is 1. The molecular formula is C18H17ClO2. The fourth-order valence-electron chi connectivity index (χ4n) is 3.33. The zero-order valence-corrected chi connectivity index (χ0v) is 12.3. The van der Waals surface area contributed by atoms with E-state index >= 15 is 0 Å². The first-order valence-corrected chi connectivity index (χ1v) is 7.78. The predicted molar refractivity (Wildman–Crippen MR) is 83.2 cm³/mol. The molecule has 21 heavy (non-hydrogen) atoms. The largest absolute Gasteiger partial charge is 0.388 e. The summed E-state index contributed by atoms with van der Waals surface area (Å²) < 4.78 is 5.43. The Bertz CT molecular complexity index is 625. The van der Waals surface area contributed by atoms with Crippen molar-refractivity contribution in [1.82, 2.24) is 0 Å². The molecule has 0 amide bonds. The number of hydrogen-bond acceptors (Lipinski definition) is 2. The molecule has 4 atom stereocenters. The molecule has 2 nitrogen and oxygen atoms in total. The molecular weight excluding hydrogens is 284 g/mol. The Morgan fingerprint density at radius 3 is 2.00 bits per heavy atom. The molecule has 1 saturated heterocycles. The molecule has 0 radical (unpaired) electrons. The van der Waals surface area contributed by atoms with E-state index in [1.165, 1.54) is 0 Å². The molecule has 108 valence electrons. The van der Waals surface area contributed by atoms with Crippen molar-refractivity contribution in [3.63, 3.8) is 0 Å². The third kappa shape index (κ3) is 2.59. The standard InChI is InChI=1S/C18H17ClO2/c19-15-7-5-12(6-8-15)11-1-3-13(4-2-11)18(20)14-9-16-17(10-14)21-16/h1-8,14,16-18,20H,9-10H2/t14-,16-,17+,18-/m0/s1. The number of halogens is 1. The minimum absolute atomic E-state index is 0.343. The fourth-order valence-corrected chi connectivity index (χ4v) is 3.46. The number of fused-ring (bicyclic) bond motifs is 1. The van der Waals surface area contributed by atoms with Crippen LogP contribution in [0.3, 0.4) is 0 Å². The Morgan fingerprint density at radius 1 is 0.905 bits per heavy atom. The van der Waals surface area contributed by atoms with Gasteiger partial charge < -0.3 is 9.84 Å². The molecule has 3 heteroatoms. The number of aliphatic hydroxyl groups is 1. The van der Waals surface area contributed by atoms with Gasteiger partial charge in [0.25, 0.3) is 0 Å². The highest BCUT2D eigenvalue weighted by Crippen LogP contribution is 2.47. The van der Waals surface area contributed by atoms with E-state index in [0.29, 0.717) is 18.1 Å². The van der Waals surface area contributed by atoms with Gasteiger partial charge in [-0.05, 0) is 47.6 Å². The summed E-state index contributed by atoms with van der Waals surface area (Å²) in [6.45, 7) is 0. The summed E-state index contributed by atoms with van der Waals surface area (Å²) >= 11 is 5.91. The van der Waals surface area contributed by atoms with Gasteiger partial charge in [0.05, 0.1) is 18.3 Å². The van der Waals surface area contributed by atoms with Crippen molar-refractivity contribution in [3.8, 4) is 11.1 Å². The van der Waals surface area contributed by atoms with Crippen LogP contribution in [0.4, 0.5) is 0 Å². The van der Waals surface area contributed by atoms with Gasteiger partial charge in [0, 0.05) is 5.02 Å². The number of rotatable bonds is 3. The molecule has 1 heterocycles. The normalized spacial score (nSPS) is 28.2. The van der Waals surface area contributed by atoms with Crippen LogP contribution in [0.1, 0.15) is 24.5 Å². The molecule has 2 aromatic carbocycles. The van der Waals surface area contributed by atoms with Gasteiger partial charge in [0.1, 0.15) is 0 Å². The Balaban J connectivity index is 1.51. The molecule has 1 aliphatic carbocycles. The Morgan fingerprint density at radius 2 is 1.43 bits per heavy atom. The van der Waals surface area contributed by atoms with E-state index in [9.17, 15) is 5.11 Å². The van der Waals surface area contributed by atoms with Gasteiger partial charge in [-0.15, -0.1) is 0 Å². The van der Waals surface area contributed by atoms with Crippen LogP contribution in [-0.2, 0) is 4.74 Å². The second kappa shape index (κ2) is 5.13. The number of benzene rings is 2. The summed E-state index contributed by atoms with van der Waals surface area (Å²) in [6.07, 6.45) is 2.44. The molecule has 2 aliphatic rings. The van der Waals surface area contributed by atoms with Crippen molar-refractivity contribution in [2.75, 3.05) is 0 Å². The van der Waals surface area contributed by atoms with E-state index in [1.54, 1.807) is 0 Å². The maximum absolute atomic E-state index is 10.5. The fraction of sp³-hybridized carbons (Fsp3) is 0.333. The van der Waals surface area contributed by atoms with Gasteiger partial charge in [0.2, 0.25) is 0 Å². The summed E-state index contributed by atoms with van der Waals surface area (Å²) in [6, 6.07) is 16.0. The highest BCUT2D eigenvalue weighted by molar-refractivity contribution is 6.30. The third-order valence-corrected chi connectivity index (χ3v) is 4.89. The van der Waals surface area contributed by atoms with Crippen LogP contribution in [0.25, 0.3) is 11.1 Å². The summed E-state index contributed by atoms with van der Waals surface area (Å²) in [4.78, 5) is 0. The van der Waals surface area contributed by atoms with Crippen molar-refractivity contribution in [2.45, 2.75) is 31.2 Å². The van der Waals surface area contributed by atoms with E-state index in [1.807, 2.05) is 36.4 Å². The van der Waals surface area contributed by atoms with Crippen LogP contribution < -0.4 is 0 Å². The minimum atomic E-state index is -0.374. The molecule has 1 aliphatic heterocycles. The van der Waals surface area contributed by atoms with Crippen LogP contribution in [0.15, 0.2) is 48.5 Å². The molecule has 0 unspecified atom stereocenters. The van der Waals surface area contributed by atoms with Gasteiger partial charge in [0.15, 0.2) is 0 Å². The van der Waals surface area contributed by atoms with Gasteiger partial charge in [-0.25, -0.2) is 0 Å². The molecule has 0 aromatic heterocycles. The van der Waals surface area contributed by atoms with Crippen molar-refractivity contribution < 1.29 is 9.84 Å². The number of ether oxygens (including phenoxy) is 1. The second-order valence-electron chi connectivity index (χ2n) is 6.02. The topological polar surface area (TPSA) is 32.8 Å². The molecule has 2 aromatic rings.